The van der Waals surface area contributed by atoms with E-state index in [1.807, 2.05) is 4.90 Å². The normalized spacial score (nSPS) is 18.0. The Kier molecular flexibility index (Phi) is 5.49. The van der Waals surface area contributed by atoms with E-state index in [0.717, 1.165) is 19.4 Å². The van der Waals surface area contributed by atoms with Crippen molar-refractivity contribution in [2.45, 2.75) is 12.8 Å². The summed E-state index contributed by atoms with van der Waals surface area (Å²) in [5.41, 5.74) is 6.23. The predicted octanol–water partition coefficient (Wildman–Crippen LogP) is 1.52. The maximum atomic E-state index is 12.8. The van der Waals surface area contributed by atoms with Crippen LogP contribution in [0.3, 0.4) is 0 Å². The van der Waals surface area contributed by atoms with Crippen LogP contribution in [0, 0.1) is 5.92 Å². The van der Waals surface area contributed by atoms with E-state index in [0.29, 0.717) is 41.8 Å². The molecule has 22 heavy (non-hydrogen) atoms. The van der Waals surface area contributed by atoms with Crippen LogP contribution in [0.2, 0.25) is 0 Å². The van der Waals surface area contributed by atoms with Crippen LogP contribution < -0.4 is 19.9 Å². The van der Waals surface area contributed by atoms with Crippen LogP contribution in [0.15, 0.2) is 12.1 Å². The SMILES string of the molecule is COc1ccc(C(=O)N2CCCC(CN)C2)c(OC)c1OC. The Morgan fingerprint density at radius 1 is 1.23 bits per heavy atom. The van der Waals surface area contributed by atoms with E-state index < -0.39 is 0 Å². The van der Waals surface area contributed by atoms with Crippen LogP contribution in [0.25, 0.3) is 0 Å². The molecule has 1 heterocycles. The zero-order chi connectivity index (χ0) is 16.1. The number of carbonyl (C=O) groups excluding carboxylic acids is 1. The third-order valence-electron chi connectivity index (χ3n) is 4.07. The zero-order valence-corrected chi connectivity index (χ0v) is 13.4. The van der Waals surface area contributed by atoms with Crippen molar-refractivity contribution in [1.82, 2.24) is 4.90 Å². The molecule has 2 N–H and O–H groups in total. The van der Waals surface area contributed by atoms with Gasteiger partial charge in [-0.1, -0.05) is 0 Å². The predicted molar refractivity (Wildman–Crippen MR) is 83.8 cm³/mol. The Morgan fingerprint density at radius 3 is 2.55 bits per heavy atom. The smallest absolute Gasteiger partial charge is 0.257 e. The number of carbonyl (C=O) groups is 1. The molecule has 122 valence electrons. The van der Waals surface area contributed by atoms with Gasteiger partial charge in [-0.25, -0.2) is 0 Å². The van der Waals surface area contributed by atoms with Gasteiger partial charge in [-0.3, -0.25) is 4.79 Å². The summed E-state index contributed by atoms with van der Waals surface area (Å²) in [6.45, 7) is 2.03. The number of nitrogens with two attached hydrogens (primary N) is 1. The first-order valence-electron chi connectivity index (χ1n) is 7.44. The molecule has 6 heteroatoms. The van der Waals surface area contributed by atoms with Gasteiger partial charge in [0, 0.05) is 13.1 Å². The fourth-order valence-electron chi connectivity index (χ4n) is 2.88. The highest BCUT2D eigenvalue weighted by molar-refractivity contribution is 5.98. The van der Waals surface area contributed by atoms with Crippen LogP contribution in [-0.4, -0.2) is 51.8 Å². The molecular formula is C16H24N2O4. The van der Waals surface area contributed by atoms with Gasteiger partial charge in [-0.15, -0.1) is 0 Å². The van der Waals surface area contributed by atoms with Crippen molar-refractivity contribution in [1.29, 1.82) is 0 Å². The highest BCUT2D eigenvalue weighted by Gasteiger charge is 2.28. The summed E-state index contributed by atoms with van der Waals surface area (Å²) in [5, 5.41) is 0. The lowest BCUT2D eigenvalue weighted by Gasteiger charge is -2.32. The average Bonchev–Trinajstić information content (AvgIpc) is 2.59. The van der Waals surface area contributed by atoms with Crippen molar-refractivity contribution in [3.63, 3.8) is 0 Å². The molecule has 0 radical (unpaired) electrons. The number of hydrogen-bond donors (Lipinski definition) is 1. The fraction of sp³-hybridized carbons (Fsp3) is 0.562. The molecular weight excluding hydrogens is 284 g/mol. The van der Waals surface area contributed by atoms with Crippen molar-refractivity contribution in [3.05, 3.63) is 17.7 Å². The van der Waals surface area contributed by atoms with Gasteiger partial charge >= 0.3 is 0 Å². The van der Waals surface area contributed by atoms with Crippen LogP contribution in [0.5, 0.6) is 17.2 Å². The number of amides is 1. The van der Waals surface area contributed by atoms with Crippen molar-refractivity contribution in [2.75, 3.05) is 41.0 Å². The molecule has 1 fully saturated rings. The fourth-order valence-corrected chi connectivity index (χ4v) is 2.88. The Balaban J connectivity index is 2.33. The first-order chi connectivity index (χ1) is 10.7. The van der Waals surface area contributed by atoms with E-state index in [1.54, 1.807) is 19.2 Å². The van der Waals surface area contributed by atoms with Gasteiger partial charge in [0.25, 0.3) is 5.91 Å². The number of hydrogen-bond acceptors (Lipinski definition) is 5. The summed E-state index contributed by atoms with van der Waals surface area (Å²) in [7, 11) is 4.60. The van der Waals surface area contributed by atoms with Crippen molar-refractivity contribution >= 4 is 5.91 Å². The van der Waals surface area contributed by atoms with Crippen LogP contribution in [0.1, 0.15) is 23.2 Å². The number of piperidine rings is 1. The number of methoxy groups -OCH3 is 3. The largest absolute Gasteiger partial charge is 0.493 e. The molecule has 0 bridgehead atoms. The van der Waals surface area contributed by atoms with Crippen LogP contribution >= 0.6 is 0 Å². The molecule has 1 aromatic carbocycles. The number of likely N-dealkylation sites (tertiary alicyclic amines) is 1. The molecule has 0 aliphatic carbocycles. The maximum Gasteiger partial charge on any atom is 0.257 e. The summed E-state index contributed by atoms with van der Waals surface area (Å²) in [6, 6.07) is 3.44. The topological polar surface area (TPSA) is 74.0 Å². The Labute approximate surface area is 131 Å². The summed E-state index contributed by atoms with van der Waals surface area (Å²) < 4.78 is 16.0. The lowest BCUT2D eigenvalue weighted by molar-refractivity contribution is 0.0674. The average molecular weight is 308 g/mol. The van der Waals surface area contributed by atoms with E-state index in [-0.39, 0.29) is 5.91 Å². The highest BCUT2D eigenvalue weighted by Crippen LogP contribution is 2.40. The number of ether oxygens (including phenoxy) is 3. The quantitative estimate of drug-likeness (QED) is 0.893. The number of benzene rings is 1. The minimum Gasteiger partial charge on any atom is -0.493 e. The zero-order valence-electron chi connectivity index (χ0n) is 13.4. The Bertz CT molecular complexity index is 533. The van der Waals surface area contributed by atoms with Crippen LogP contribution in [-0.2, 0) is 0 Å². The van der Waals surface area contributed by atoms with E-state index in [2.05, 4.69) is 0 Å². The molecule has 0 aromatic heterocycles. The van der Waals surface area contributed by atoms with Gasteiger partial charge in [0.05, 0.1) is 26.9 Å². The minimum absolute atomic E-state index is 0.0593. The van der Waals surface area contributed by atoms with Gasteiger partial charge in [0.1, 0.15) is 0 Å². The molecule has 1 amide bonds. The van der Waals surface area contributed by atoms with Crippen LogP contribution in [0.4, 0.5) is 0 Å². The summed E-state index contributed by atoms with van der Waals surface area (Å²) >= 11 is 0. The molecule has 2 rings (SSSR count). The molecule has 6 nitrogen and oxygen atoms in total. The summed E-state index contributed by atoms with van der Waals surface area (Å²) in [4.78, 5) is 14.7. The Hall–Kier alpha value is -1.95. The third kappa shape index (κ3) is 3.11. The highest BCUT2D eigenvalue weighted by atomic mass is 16.5. The van der Waals surface area contributed by atoms with Gasteiger partial charge in [-0.05, 0) is 37.4 Å². The first kappa shape index (κ1) is 16.4. The Morgan fingerprint density at radius 2 is 1.95 bits per heavy atom. The third-order valence-corrected chi connectivity index (χ3v) is 4.07. The lowest BCUT2D eigenvalue weighted by Crippen LogP contribution is -2.42. The molecule has 1 aromatic rings. The van der Waals surface area contributed by atoms with Gasteiger partial charge in [0.2, 0.25) is 5.75 Å². The second-order valence-electron chi connectivity index (χ2n) is 5.38. The van der Waals surface area contributed by atoms with Gasteiger partial charge in [0.15, 0.2) is 11.5 Å². The van der Waals surface area contributed by atoms with E-state index >= 15 is 0 Å². The van der Waals surface area contributed by atoms with E-state index in [1.165, 1.54) is 14.2 Å². The monoisotopic (exact) mass is 308 g/mol. The number of rotatable bonds is 5. The van der Waals surface area contributed by atoms with Gasteiger partial charge in [-0.2, -0.15) is 0 Å². The molecule has 1 aliphatic rings. The van der Waals surface area contributed by atoms with E-state index in [4.69, 9.17) is 19.9 Å². The van der Waals surface area contributed by atoms with Crippen molar-refractivity contribution < 1.29 is 19.0 Å². The molecule has 0 saturated carbocycles. The first-order valence-corrected chi connectivity index (χ1v) is 7.44. The molecule has 0 spiro atoms. The summed E-state index contributed by atoms with van der Waals surface area (Å²) in [6.07, 6.45) is 2.05. The second kappa shape index (κ2) is 7.35. The van der Waals surface area contributed by atoms with Crippen molar-refractivity contribution in [2.24, 2.45) is 11.7 Å². The number of nitrogens with zero attached hydrogens (tertiary/aromatic N) is 1. The van der Waals surface area contributed by atoms with Gasteiger partial charge < -0.3 is 24.8 Å². The second-order valence-corrected chi connectivity index (χ2v) is 5.38. The maximum absolute atomic E-state index is 12.8. The van der Waals surface area contributed by atoms with E-state index in [9.17, 15) is 4.79 Å². The minimum atomic E-state index is -0.0593. The molecule has 1 unspecified atom stereocenters. The molecule has 1 saturated heterocycles. The summed E-state index contributed by atoms with van der Waals surface area (Å²) in [5.74, 6) is 1.68. The lowest BCUT2D eigenvalue weighted by atomic mass is 9.97. The van der Waals surface area contributed by atoms with Crippen molar-refractivity contribution in [3.8, 4) is 17.2 Å². The standard InChI is InChI=1S/C16H24N2O4/c1-20-13-7-6-12(14(21-2)15(13)22-3)16(19)18-8-4-5-11(9-17)10-18/h6-7,11H,4-5,8-10,17H2,1-3H3. The molecule has 1 atom stereocenters. The molecule has 1 aliphatic heterocycles.